The first-order valence-electron chi connectivity index (χ1n) is 1.68. The maximum atomic E-state index is 9.78. The third kappa shape index (κ3) is 2.76. The van der Waals surface area contributed by atoms with Gasteiger partial charge < -0.3 is 14.9 Å². The lowest BCUT2D eigenvalue weighted by molar-refractivity contribution is 0.218. The van der Waals surface area contributed by atoms with E-state index in [0.29, 0.717) is 0 Å². The molecule has 0 fully saturated rings. The average Bonchev–Trinajstić information content (AvgIpc) is 1.31. The molecule has 3 N–H and O–H groups in total. The molecule has 0 heterocycles. The van der Waals surface area contributed by atoms with Gasteiger partial charge in [-0.3, -0.25) is 4.57 Å². The number of hydrogen-bond acceptors (Lipinski definition) is 2. The molecule has 1 unspecified atom stereocenters. The quantitative estimate of drug-likeness (QED) is 0.414. The van der Waals surface area contributed by atoms with Crippen LogP contribution in [-0.4, -0.2) is 20.7 Å². The van der Waals surface area contributed by atoms with Crippen molar-refractivity contribution in [3.63, 3.8) is 0 Å². The van der Waals surface area contributed by atoms with E-state index in [2.05, 4.69) is 0 Å². The van der Waals surface area contributed by atoms with Crippen LogP contribution in [0.3, 0.4) is 0 Å². The number of aliphatic hydroxyl groups excluding tert-OH is 1. The smallest absolute Gasteiger partial charge is 0.353 e. The van der Waals surface area contributed by atoms with E-state index in [9.17, 15) is 4.57 Å². The minimum Gasteiger partial charge on any atom is -0.381 e. The molecule has 0 radical (unpaired) electrons. The first-order valence-corrected chi connectivity index (χ1v) is 3.36. The Morgan fingerprint density at radius 2 is 1.71 bits per heavy atom. The Hall–Kier alpha value is 0.110. The van der Waals surface area contributed by atoms with Gasteiger partial charge in [0.05, 0.1) is 0 Å². The lowest BCUT2D eigenvalue weighted by atomic mass is 10.9. The monoisotopic (exact) mass is 126 g/mol. The molecular weight excluding hydrogens is 119 g/mol. The summed E-state index contributed by atoms with van der Waals surface area (Å²) in [5, 5.41) is 8.13. The highest BCUT2D eigenvalue weighted by atomic mass is 31.2. The minimum atomic E-state index is -4.18. The van der Waals surface area contributed by atoms with Crippen molar-refractivity contribution in [3.05, 3.63) is 0 Å². The third-order valence-electron chi connectivity index (χ3n) is 0.487. The Bertz CT molecular complexity index is 91.9. The predicted molar refractivity (Wildman–Crippen MR) is 23.7 cm³/mol. The summed E-state index contributed by atoms with van der Waals surface area (Å²) in [5.74, 6) is -1.53. The van der Waals surface area contributed by atoms with E-state index in [4.69, 9.17) is 14.9 Å². The van der Waals surface area contributed by atoms with Gasteiger partial charge in [-0.2, -0.15) is 0 Å². The van der Waals surface area contributed by atoms with Crippen LogP contribution in [0.25, 0.3) is 0 Å². The van der Waals surface area contributed by atoms with Gasteiger partial charge in [-0.1, -0.05) is 0 Å². The van der Waals surface area contributed by atoms with Gasteiger partial charge in [0.2, 0.25) is 0 Å². The maximum absolute atomic E-state index is 9.78. The first-order chi connectivity index (χ1) is 2.94. The van der Waals surface area contributed by atoms with Crippen LogP contribution in [0, 0.1) is 0 Å². The summed E-state index contributed by atoms with van der Waals surface area (Å²) in [7, 11) is -4.18. The van der Waals surface area contributed by atoms with Crippen molar-refractivity contribution < 1.29 is 19.5 Å². The molecule has 44 valence electrons. The zero-order valence-corrected chi connectivity index (χ0v) is 4.67. The Labute approximate surface area is 40.9 Å². The molecule has 0 rings (SSSR count). The highest BCUT2D eigenvalue weighted by molar-refractivity contribution is 7.52. The molecule has 0 aromatic carbocycles. The first kappa shape index (κ1) is 7.11. The SMILES string of the molecule is CC(O)P(=O)(O)O. The van der Waals surface area contributed by atoms with Crippen LogP contribution in [0.5, 0.6) is 0 Å². The second kappa shape index (κ2) is 1.92. The van der Waals surface area contributed by atoms with Gasteiger partial charge in [0.1, 0.15) is 0 Å². The second-order valence-electron chi connectivity index (χ2n) is 1.22. The van der Waals surface area contributed by atoms with E-state index in [1.807, 2.05) is 0 Å². The molecule has 0 spiro atoms. The molecule has 0 aliphatic carbocycles. The van der Waals surface area contributed by atoms with Gasteiger partial charge in [-0.05, 0) is 6.92 Å². The van der Waals surface area contributed by atoms with Crippen LogP contribution in [0.4, 0.5) is 0 Å². The standard InChI is InChI=1S/C2H7O4P/c1-2(3)7(4,5)6/h2-3H,1H3,(H2,4,5,6). The van der Waals surface area contributed by atoms with Crippen LogP contribution in [0.1, 0.15) is 6.92 Å². The largest absolute Gasteiger partial charge is 0.381 e. The molecule has 7 heavy (non-hydrogen) atoms. The lowest BCUT2D eigenvalue weighted by Gasteiger charge is -2.03. The fourth-order valence-corrected chi connectivity index (χ4v) is 0. The van der Waals surface area contributed by atoms with Crippen molar-refractivity contribution in [2.75, 3.05) is 0 Å². The molecule has 0 saturated heterocycles. The Morgan fingerprint density at radius 1 is 1.57 bits per heavy atom. The van der Waals surface area contributed by atoms with Crippen LogP contribution in [0.2, 0.25) is 0 Å². The van der Waals surface area contributed by atoms with Crippen molar-refractivity contribution in [1.82, 2.24) is 0 Å². The average molecular weight is 126 g/mol. The van der Waals surface area contributed by atoms with Crippen LogP contribution >= 0.6 is 7.60 Å². The second-order valence-corrected chi connectivity index (χ2v) is 3.15. The van der Waals surface area contributed by atoms with E-state index in [1.165, 1.54) is 0 Å². The molecule has 0 saturated carbocycles. The number of aliphatic hydroxyl groups is 1. The lowest BCUT2D eigenvalue weighted by Crippen LogP contribution is -1.98. The highest BCUT2D eigenvalue weighted by Crippen LogP contribution is 2.38. The molecule has 0 aliphatic rings. The Morgan fingerprint density at radius 3 is 1.71 bits per heavy atom. The van der Waals surface area contributed by atoms with Gasteiger partial charge in [0.15, 0.2) is 5.85 Å². The van der Waals surface area contributed by atoms with Crippen molar-refractivity contribution in [1.29, 1.82) is 0 Å². The summed E-state index contributed by atoms with van der Waals surface area (Å²) in [6.07, 6.45) is 0. The van der Waals surface area contributed by atoms with E-state index in [1.54, 1.807) is 0 Å². The topological polar surface area (TPSA) is 77.8 Å². The fourth-order valence-electron chi connectivity index (χ4n) is 0. The highest BCUT2D eigenvalue weighted by Gasteiger charge is 2.19. The summed E-state index contributed by atoms with van der Waals surface area (Å²) in [4.78, 5) is 15.9. The van der Waals surface area contributed by atoms with Crippen molar-refractivity contribution in [2.45, 2.75) is 12.8 Å². The van der Waals surface area contributed by atoms with Crippen molar-refractivity contribution in [2.24, 2.45) is 0 Å². The molecule has 5 heteroatoms. The van der Waals surface area contributed by atoms with Gasteiger partial charge in [0, 0.05) is 0 Å². The normalized spacial score (nSPS) is 16.6. The van der Waals surface area contributed by atoms with E-state index in [0.717, 1.165) is 6.92 Å². The van der Waals surface area contributed by atoms with Crippen LogP contribution in [0.15, 0.2) is 0 Å². The van der Waals surface area contributed by atoms with Gasteiger partial charge in [0.25, 0.3) is 0 Å². The zero-order valence-electron chi connectivity index (χ0n) is 3.77. The summed E-state index contributed by atoms with van der Waals surface area (Å²) < 4.78 is 9.78. The Kier molecular flexibility index (Phi) is 1.95. The third-order valence-corrected chi connectivity index (χ3v) is 1.46. The van der Waals surface area contributed by atoms with Gasteiger partial charge in [-0.25, -0.2) is 0 Å². The summed E-state index contributed by atoms with van der Waals surface area (Å²) in [5.41, 5.74) is 0. The summed E-state index contributed by atoms with van der Waals surface area (Å²) in [6, 6.07) is 0. The fraction of sp³-hybridized carbons (Fsp3) is 1.00. The molecule has 4 nitrogen and oxygen atoms in total. The maximum Gasteiger partial charge on any atom is 0.353 e. The van der Waals surface area contributed by atoms with Crippen molar-refractivity contribution in [3.8, 4) is 0 Å². The van der Waals surface area contributed by atoms with Crippen LogP contribution < -0.4 is 0 Å². The number of hydrogen-bond donors (Lipinski definition) is 3. The molecule has 0 aromatic heterocycles. The van der Waals surface area contributed by atoms with Crippen molar-refractivity contribution >= 4 is 7.60 Å². The van der Waals surface area contributed by atoms with Gasteiger partial charge in [-0.15, -0.1) is 0 Å². The zero-order chi connectivity index (χ0) is 6.08. The minimum absolute atomic E-state index is 1.04. The molecule has 0 aromatic rings. The summed E-state index contributed by atoms with van der Waals surface area (Å²) >= 11 is 0. The summed E-state index contributed by atoms with van der Waals surface area (Å²) in [6.45, 7) is 1.04. The van der Waals surface area contributed by atoms with Gasteiger partial charge >= 0.3 is 7.60 Å². The molecule has 1 atom stereocenters. The molecule has 0 bridgehead atoms. The predicted octanol–water partition coefficient (Wildman–Crippen LogP) is -0.498. The van der Waals surface area contributed by atoms with Crippen LogP contribution in [-0.2, 0) is 4.57 Å². The van der Waals surface area contributed by atoms with E-state index in [-0.39, 0.29) is 0 Å². The van der Waals surface area contributed by atoms with E-state index < -0.39 is 13.4 Å². The Balaban J connectivity index is 3.80. The molecular formula is C2H7O4P. The number of rotatable bonds is 1. The van der Waals surface area contributed by atoms with E-state index >= 15 is 0 Å². The molecule has 0 amide bonds. The molecule has 0 aliphatic heterocycles.